The molecule has 0 saturated carbocycles. The van der Waals surface area contributed by atoms with Crippen LogP contribution in [0.5, 0.6) is 0 Å². The maximum atomic E-state index is 12.7. The van der Waals surface area contributed by atoms with E-state index in [2.05, 4.69) is 54.7 Å². The fraction of sp³-hybridized carbons (Fsp3) is 0.400. The van der Waals surface area contributed by atoms with Crippen molar-refractivity contribution in [2.24, 2.45) is 11.3 Å². The number of anilines is 1. The third kappa shape index (κ3) is 3.92. The number of nitriles is 1. The summed E-state index contributed by atoms with van der Waals surface area (Å²) >= 11 is 9.87. The van der Waals surface area contributed by atoms with E-state index in [9.17, 15) is 10.1 Å². The van der Waals surface area contributed by atoms with Crippen molar-refractivity contribution in [2.45, 2.75) is 40.0 Å². The Kier molecular flexibility index (Phi) is 5.66. The van der Waals surface area contributed by atoms with E-state index < -0.39 is 0 Å². The number of rotatable bonds is 2. The zero-order chi connectivity index (χ0) is 19.1. The number of carbonyl (C=O) groups is 1. The normalized spacial score (nSPS) is 16.7. The number of hydrogen-bond acceptors (Lipinski definition) is 3. The van der Waals surface area contributed by atoms with E-state index in [1.54, 1.807) is 23.5 Å². The fourth-order valence-electron chi connectivity index (χ4n) is 3.37. The molecule has 0 fully saturated rings. The molecule has 3 nitrogen and oxygen atoms in total. The number of amides is 1. The molecule has 1 heterocycles. The van der Waals surface area contributed by atoms with Gasteiger partial charge in [-0.25, -0.2) is 0 Å². The van der Waals surface area contributed by atoms with Crippen LogP contribution >= 0.6 is 45.5 Å². The van der Waals surface area contributed by atoms with Crippen LogP contribution in [0.2, 0.25) is 5.02 Å². The predicted molar refractivity (Wildman–Crippen MR) is 116 cm³/mol. The van der Waals surface area contributed by atoms with Gasteiger partial charge in [0.1, 0.15) is 11.1 Å². The maximum absolute atomic E-state index is 12.7. The summed E-state index contributed by atoms with van der Waals surface area (Å²) in [4.78, 5) is 13.9. The third-order valence-corrected chi connectivity index (χ3v) is 7.17. The number of nitrogens with one attached hydrogen (secondary N) is 1. The van der Waals surface area contributed by atoms with Crippen molar-refractivity contribution in [1.29, 1.82) is 5.26 Å². The SMILES string of the molecule is CC(C)(C)[C@H]1CCc2c(sc(NC(=O)c3cc(I)ccc3Cl)c2C#N)C1. The lowest BCUT2D eigenvalue weighted by atomic mass is 9.72. The second-order valence-corrected chi connectivity index (χ2v) is 10.5. The number of thiophene rings is 1. The quantitative estimate of drug-likeness (QED) is 0.495. The Morgan fingerprint density at radius 3 is 2.81 bits per heavy atom. The Morgan fingerprint density at radius 1 is 1.42 bits per heavy atom. The lowest BCUT2D eigenvalue weighted by molar-refractivity contribution is 0.102. The summed E-state index contributed by atoms with van der Waals surface area (Å²) in [5, 5.41) is 13.6. The molecule has 26 heavy (non-hydrogen) atoms. The fourth-order valence-corrected chi connectivity index (χ4v) is 5.34. The van der Waals surface area contributed by atoms with Gasteiger partial charge in [-0.1, -0.05) is 32.4 Å². The van der Waals surface area contributed by atoms with Crippen molar-refractivity contribution < 1.29 is 4.79 Å². The number of fused-ring (bicyclic) bond motifs is 1. The summed E-state index contributed by atoms with van der Waals surface area (Å²) in [6, 6.07) is 7.64. The van der Waals surface area contributed by atoms with Gasteiger partial charge in [-0.2, -0.15) is 5.26 Å². The van der Waals surface area contributed by atoms with Gasteiger partial charge in [0.25, 0.3) is 5.91 Å². The van der Waals surface area contributed by atoms with E-state index in [1.807, 2.05) is 6.07 Å². The van der Waals surface area contributed by atoms with Gasteiger partial charge < -0.3 is 5.32 Å². The van der Waals surface area contributed by atoms with Gasteiger partial charge in [-0.3, -0.25) is 4.79 Å². The predicted octanol–water partition coefficient (Wildman–Crippen LogP) is 6.28. The van der Waals surface area contributed by atoms with Crippen molar-refractivity contribution in [3.05, 3.63) is 48.4 Å². The van der Waals surface area contributed by atoms with Crippen LogP contribution in [-0.4, -0.2) is 5.91 Å². The number of carbonyl (C=O) groups excluding carboxylic acids is 1. The Morgan fingerprint density at radius 2 is 2.15 bits per heavy atom. The molecule has 0 saturated heterocycles. The molecule has 1 aromatic heterocycles. The van der Waals surface area contributed by atoms with Gasteiger partial charge in [0, 0.05) is 8.45 Å². The highest BCUT2D eigenvalue weighted by Gasteiger charge is 2.32. The van der Waals surface area contributed by atoms with Crippen LogP contribution in [0.25, 0.3) is 0 Å². The summed E-state index contributed by atoms with van der Waals surface area (Å²) in [7, 11) is 0. The first kappa shape index (κ1) is 19.7. The highest BCUT2D eigenvalue weighted by Crippen LogP contribution is 2.44. The van der Waals surface area contributed by atoms with E-state index in [0.29, 0.717) is 27.1 Å². The first-order chi connectivity index (χ1) is 12.2. The zero-order valence-electron chi connectivity index (χ0n) is 15.0. The Bertz CT molecular complexity index is 908. The van der Waals surface area contributed by atoms with Crippen molar-refractivity contribution >= 4 is 56.4 Å². The van der Waals surface area contributed by atoms with E-state index in [4.69, 9.17) is 11.6 Å². The minimum absolute atomic E-state index is 0.242. The first-order valence-corrected chi connectivity index (χ1v) is 10.8. The molecule has 0 radical (unpaired) electrons. The van der Waals surface area contributed by atoms with Crippen LogP contribution in [0.4, 0.5) is 5.00 Å². The van der Waals surface area contributed by atoms with E-state index >= 15 is 0 Å². The summed E-state index contributed by atoms with van der Waals surface area (Å²) in [5.74, 6) is 0.324. The molecule has 1 aliphatic rings. The molecule has 6 heteroatoms. The lowest BCUT2D eigenvalue weighted by Crippen LogP contribution is -2.26. The second kappa shape index (κ2) is 7.49. The van der Waals surface area contributed by atoms with Crippen molar-refractivity contribution in [3.63, 3.8) is 0 Å². The van der Waals surface area contributed by atoms with Gasteiger partial charge in [0.15, 0.2) is 0 Å². The van der Waals surface area contributed by atoms with Crippen molar-refractivity contribution in [1.82, 2.24) is 0 Å². The van der Waals surface area contributed by atoms with Crippen molar-refractivity contribution in [2.75, 3.05) is 5.32 Å². The largest absolute Gasteiger partial charge is 0.312 e. The summed E-state index contributed by atoms with van der Waals surface area (Å²) in [6.45, 7) is 6.80. The molecule has 0 unspecified atom stereocenters. The third-order valence-electron chi connectivity index (χ3n) is 5.00. The van der Waals surface area contributed by atoms with Crippen LogP contribution in [0.1, 0.15) is 53.6 Å². The summed E-state index contributed by atoms with van der Waals surface area (Å²) in [6.07, 6.45) is 2.95. The standard InChI is InChI=1S/C20H20ClIN2OS/c1-20(2,3)11-4-6-13-15(10-23)19(26-17(13)8-11)24-18(25)14-9-12(22)5-7-16(14)21/h5,7,9,11H,4,6,8H2,1-3H3,(H,24,25)/t11-/m0/s1. The lowest BCUT2D eigenvalue weighted by Gasteiger charge is -2.33. The Labute approximate surface area is 176 Å². The molecule has 1 aliphatic carbocycles. The maximum Gasteiger partial charge on any atom is 0.257 e. The Hall–Kier alpha value is -1.10. The molecule has 3 rings (SSSR count). The van der Waals surface area contributed by atoms with Crippen LogP contribution in [-0.2, 0) is 12.8 Å². The van der Waals surface area contributed by atoms with Crippen LogP contribution < -0.4 is 5.32 Å². The molecule has 1 N–H and O–H groups in total. The van der Waals surface area contributed by atoms with Crippen LogP contribution in [0, 0.1) is 26.2 Å². The first-order valence-electron chi connectivity index (χ1n) is 8.51. The van der Waals surface area contributed by atoms with E-state index in [-0.39, 0.29) is 11.3 Å². The van der Waals surface area contributed by atoms with Gasteiger partial charge in [0.2, 0.25) is 0 Å². The summed E-state index contributed by atoms with van der Waals surface area (Å²) in [5.41, 5.74) is 2.41. The van der Waals surface area contributed by atoms with Gasteiger partial charge >= 0.3 is 0 Å². The van der Waals surface area contributed by atoms with Crippen LogP contribution in [0.15, 0.2) is 18.2 Å². The smallest absolute Gasteiger partial charge is 0.257 e. The Balaban J connectivity index is 1.90. The second-order valence-electron chi connectivity index (χ2n) is 7.70. The molecular weight excluding hydrogens is 479 g/mol. The monoisotopic (exact) mass is 498 g/mol. The molecule has 136 valence electrons. The van der Waals surface area contributed by atoms with E-state index in [1.165, 1.54) is 4.88 Å². The molecule has 0 aliphatic heterocycles. The van der Waals surface area contributed by atoms with Gasteiger partial charge in [-0.05, 0) is 76.9 Å². The molecule has 1 aromatic carbocycles. The molecule has 2 aromatic rings. The molecule has 1 amide bonds. The van der Waals surface area contributed by atoms with Gasteiger partial charge in [0.05, 0.1) is 16.1 Å². The molecule has 1 atom stereocenters. The number of halogens is 2. The van der Waals surface area contributed by atoms with Crippen molar-refractivity contribution in [3.8, 4) is 6.07 Å². The topological polar surface area (TPSA) is 52.9 Å². The van der Waals surface area contributed by atoms with E-state index in [0.717, 1.165) is 28.4 Å². The number of benzene rings is 1. The molecule has 0 bridgehead atoms. The minimum Gasteiger partial charge on any atom is -0.312 e. The molecule has 0 spiro atoms. The van der Waals surface area contributed by atoms with Gasteiger partial charge in [-0.15, -0.1) is 11.3 Å². The molecular formula is C20H20ClIN2OS. The number of hydrogen-bond donors (Lipinski definition) is 1. The average Bonchev–Trinajstić information content (AvgIpc) is 2.92. The number of nitrogens with zero attached hydrogens (tertiary/aromatic N) is 1. The average molecular weight is 499 g/mol. The zero-order valence-corrected chi connectivity index (χ0v) is 18.7. The highest BCUT2D eigenvalue weighted by atomic mass is 127. The minimum atomic E-state index is -0.268. The van der Waals surface area contributed by atoms with Crippen LogP contribution in [0.3, 0.4) is 0 Å². The highest BCUT2D eigenvalue weighted by molar-refractivity contribution is 14.1. The summed E-state index contributed by atoms with van der Waals surface area (Å²) < 4.78 is 0.941.